The topological polar surface area (TPSA) is 41.1 Å². The van der Waals surface area contributed by atoms with Crippen molar-refractivity contribution in [3.8, 4) is 0 Å². The number of benzene rings is 2. The second kappa shape index (κ2) is 7.63. The van der Waals surface area contributed by atoms with Crippen LogP contribution in [-0.2, 0) is 4.79 Å². The molecule has 0 heterocycles. The third-order valence-electron chi connectivity index (χ3n) is 3.35. The van der Waals surface area contributed by atoms with Gasteiger partial charge in [0.1, 0.15) is 0 Å². The Kier molecular flexibility index (Phi) is 5.83. The minimum absolute atomic E-state index is 0.0182. The first-order chi connectivity index (χ1) is 10.5. The highest BCUT2D eigenvalue weighted by molar-refractivity contribution is 6.30. The fraction of sp³-hybridized carbons (Fsp3) is 0.235. The normalized spacial score (nSPS) is 13.5. The zero-order chi connectivity index (χ0) is 16.1. The van der Waals surface area contributed by atoms with Crippen LogP contribution < -0.4 is 10.6 Å². The molecule has 0 aliphatic rings. The fourth-order valence-electron chi connectivity index (χ4n) is 2.11. The summed E-state index contributed by atoms with van der Waals surface area (Å²) in [6.45, 7) is 3.82. The second-order valence-corrected chi connectivity index (χ2v) is 6.03. The van der Waals surface area contributed by atoms with Gasteiger partial charge in [0.25, 0.3) is 0 Å². The number of amides is 1. The number of nitrogens with one attached hydrogen (secondary N) is 2. The minimum atomic E-state index is -0.343. The van der Waals surface area contributed by atoms with E-state index in [-0.39, 0.29) is 18.0 Å². The predicted octanol–water partition coefficient (Wildman–Crippen LogP) is 4.67. The van der Waals surface area contributed by atoms with Crippen molar-refractivity contribution in [3.63, 3.8) is 0 Å². The average Bonchev–Trinajstić information content (AvgIpc) is 2.49. The van der Waals surface area contributed by atoms with E-state index in [9.17, 15) is 4.79 Å². The lowest BCUT2D eigenvalue weighted by molar-refractivity contribution is -0.117. The van der Waals surface area contributed by atoms with Crippen LogP contribution in [0.3, 0.4) is 0 Å². The fourth-order valence-corrected chi connectivity index (χ4v) is 2.43. The quantitative estimate of drug-likeness (QED) is 0.832. The smallest absolute Gasteiger partial charge is 0.241 e. The maximum Gasteiger partial charge on any atom is 0.241 e. The lowest BCUT2D eigenvalue weighted by atomic mass is 10.1. The van der Waals surface area contributed by atoms with Crippen LogP contribution in [0.1, 0.15) is 25.5 Å². The Balaban J connectivity index is 1.94. The van der Waals surface area contributed by atoms with Crippen LogP contribution in [-0.4, -0.2) is 11.9 Å². The largest absolute Gasteiger partial charge is 0.325 e. The summed E-state index contributed by atoms with van der Waals surface area (Å²) in [5.74, 6) is -0.101. The van der Waals surface area contributed by atoms with Crippen LogP contribution in [0.4, 0.5) is 5.69 Å². The van der Waals surface area contributed by atoms with Gasteiger partial charge in [0.2, 0.25) is 5.91 Å². The Morgan fingerprint density at radius 2 is 1.68 bits per heavy atom. The van der Waals surface area contributed by atoms with Gasteiger partial charge >= 0.3 is 0 Å². The third kappa shape index (κ3) is 4.73. The van der Waals surface area contributed by atoms with E-state index in [4.69, 9.17) is 23.2 Å². The van der Waals surface area contributed by atoms with Crippen molar-refractivity contribution in [3.05, 3.63) is 64.1 Å². The summed E-state index contributed by atoms with van der Waals surface area (Å²) >= 11 is 11.8. The summed E-state index contributed by atoms with van der Waals surface area (Å²) in [6, 6.07) is 14.3. The number of anilines is 1. The zero-order valence-electron chi connectivity index (χ0n) is 12.4. The van der Waals surface area contributed by atoms with E-state index >= 15 is 0 Å². The van der Waals surface area contributed by atoms with Gasteiger partial charge < -0.3 is 5.32 Å². The molecule has 0 saturated carbocycles. The molecule has 2 N–H and O–H groups in total. The van der Waals surface area contributed by atoms with Gasteiger partial charge in [-0.25, -0.2) is 0 Å². The van der Waals surface area contributed by atoms with Crippen LogP contribution in [0, 0.1) is 0 Å². The molecule has 2 aromatic rings. The van der Waals surface area contributed by atoms with E-state index in [1.807, 2.05) is 38.1 Å². The molecule has 5 heteroatoms. The molecular weight excluding hydrogens is 319 g/mol. The number of carbonyl (C=O) groups is 1. The van der Waals surface area contributed by atoms with Gasteiger partial charge in [-0.15, -0.1) is 0 Å². The van der Waals surface area contributed by atoms with Gasteiger partial charge in [-0.3, -0.25) is 10.1 Å². The summed E-state index contributed by atoms with van der Waals surface area (Å²) in [5, 5.41) is 7.43. The van der Waals surface area contributed by atoms with Crippen molar-refractivity contribution in [2.45, 2.75) is 25.9 Å². The van der Waals surface area contributed by atoms with Crippen molar-refractivity contribution in [1.82, 2.24) is 5.32 Å². The SMILES string of the molecule is C[C@@H](N[C@H](C)c1cccc(Cl)c1)C(=O)Nc1ccc(Cl)cc1. The molecule has 2 atom stereocenters. The molecule has 3 nitrogen and oxygen atoms in total. The Morgan fingerprint density at radius 3 is 2.32 bits per heavy atom. The molecule has 0 aromatic heterocycles. The van der Waals surface area contributed by atoms with E-state index < -0.39 is 0 Å². The first-order valence-corrected chi connectivity index (χ1v) is 7.79. The molecule has 0 aliphatic carbocycles. The van der Waals surface area contributed by atoms with Crippen molar-refractivity contribution >= 4 is 34.8 Å². The number of hydrogen-bond acceptors (Lipinski definition) is 2. The highest BCUT2D eigenvalue weighted by Gasteiger charge is 2.16. The number of carbonyl (C=O) groups excluding carboxylic acids is 1. The second-order valence-electron chi connectivity index (χ2n) is 5.16. The molecule has 0 aliphatic heterocycles. The Hall–Kier alpha value is -1.55. The summed E-state index contributed by atoms with van der Waals surface area (Å²) in [4.78, 5) is 12.2. The Labute approximate surface area is 140 Å². The first-order valence-electron chi connectivity index (χ1n) is 7.03. The molecule has 0 bridgehead atoms. The lowest BCUT2D eigenvalue weighted by Crippen LogP contribution is -2.39. The zero-order valence-corrected chi connectivity index (χ0v) is 13.9. The van der Waals surface area contributed by atoms with Crippen LogP contribution >= 0.6 is 23.2 Å². The van der Waals surface area contributed by atoms with E-state index in [2.05, 4.69) is 10.6 Å². The van der Waals surface area contributed by atoms with Crippen LogP contribution in [0.25, 0.3) is 0 Å². The monoisotopic (exact) mass is 336 g/mol. The number of rotatable bonds is 5. The third-order valence-corrected chi connectivity index (χ3v) is 3.84. The molecule has 116 valence electrons. The highest BCUT2D eigenvalue weighted by Crippen LogP contribution is 2.18. The van der Waals surface area contributed by atoms with Crippen LogP contribution in [0.2, 0.25) is 10.0 Å². The van der Waals surface area contributed by atoms with Crippen LogP contribution in [0.15, 0.2) is 48.5 Å². The van der Waals surface area contributed by atoms with Gasteiger partial charge in [-0.2, -0.15) is 0 Å². The van der Waals surface area contributed by atoms with Crippen molar-refractivity contribution in [2.24, 2.45) is 0 Å². The summed E-state index contributed by atoms with van der Waals surface area (Å²) in [7, 11) is 0. The lowest BCUT2D eigenvalue weighted by Gasteiger charge is -2.20. The van der Waals surface area contributed by atoms with Gasteiger partial charge in [0.15, 0.2) is 0 Å². The average molecular weight is 337 g/mol. The molecule has 0 spiro atoms. The number of halogens is 2. The number of hydrogen-bond donors (Lipinski definition) is 2. The molecule has 0 saturated heterocycles. The van der Waals surface area contributed by atoms with E-state index in [1.165, 1.54) is 0 Å². The van der Waals surface area contributed by atoms with Crippen LogP contribution in [0.5, 0.6) is 0 Å². The maximum absolute atomic E-state index is 12.2. The molecule has 2 rings (SSSR count). The molecule has 2 aromatic carbocycles. The van der Waals surface area contributed by atoms with Gasteiger partial charge in [-0.05, 0) is 55.8 Å². The Bertz CT molecular complexity index is 643. The predicted molar refractivity (Wildman–Crippen MR) is 92.5 cm³/mol. The molecule has 0 radical (unpaired) electrons. The van der Waals surface area contributed by atoms with Crippen molar-refractivity contribution < 1.29 is 4.79 Å². The van der Waals surface area contributed by atoms with Gasteiger partial charge in [-0.1, -0.05) is 35.3 Å². The van der Waals surface area contributed by atoms with Gasteiger partial charge in [0, 0.05) is 21.8 Å². The van der Waals surface area contributed by atoms with Gasteiger partial charge in [0.05, 0.1) is 6.04 Å². The van der Waals surface area contributed by atoms with E-state index in [0.717, 1.165) is 11.3 Å². The first kappa shape index (κ1) is 16.8. The van der Waals surface area contributed by atoms with Crippen molar-refractivity contribution in [1.29, 1.82) is 0 Å². The Morgan fingerprint density at radius 1 is 1.00 bits per heavy atom. The summed E-state index contributed by atoms with van der Waals surface area (Å²) < 4.78 is 0. The minimum Gasteiger partial charge on any atom is -0.325 e. The van der Waals surface area contributed by atoms with Crippen molar-refractivity contribution in [2.75, 3.05) is 5.32 Å². The van der Waals surface area contributed by atoms with E-state index in [1.54, 1.807) is 24.3 Å². The molecular formula is C17H18Cl2N2O. The standard InChI is InChI=1S/C17H18Cl2N2O/c1-11(13-4-3-5-15(19)10-13)20-12(2)17(22)21-16-8-6-14(18)7-9-16/h3-12,20H,1-2H3,(H,21,22)/t11-,12-/m1/s1. The molecule has 1 amide bonds. The summed E-state index contributed by atoms with van der Waals surface area (Å²) in [6.07, 6.45) is 0. The molecule has 22 heavy (non-hydrogen) atoms. The highest BCUT2D eigenvalue weighted by atomic mass is 35.5. The summed E-state index contributed by atoms with van der Waals surface area (Å²) in [5.41, 5.74) is 1.76. The maximum atomic E-state index is 12.2. The van der Waals surface area contributed by atoms with E-state index in [0.29, 0.717) is 10.0 Å². The molecule has 0 unspecified atom stereocenters. The molecule has 0 fully saturated rings.